The molecule has 0 radical (unpaired) electrons. The topological polar surface area (TPSA) is 36.9 Å². The van der Waals surface area contributed by atoms with Gasteiger partial charge in [0.15, 0.2) is 0 Å². The van der Waals surface area contributed by atoms with Crippen molar-refractivity contribution in [2.24, 2.45) is 0 Å². The molecular formula is C16H8F28O4Si. The van der Waals surface area contributed by atoms with Crippen molar-refractivity contribution in [3.63, 3.8) is 0 Å². The van der Waals surface area contributed by atoms with Crippen LogP contribution in [0.3, 0.4) is 0 Å². The number of halogens is 28. The Hall–Kier alpha value is -1.90. The van der Waals surface area contributed by atoms with Gasteiger partial charge in [-0.3, -0.25) is 17.7 Å². The predicted molar refractivity (Wildman–Crippen MR) is 93.3 cm³/mol. The van der Waals surface area contributed by atoms with Gasteiger partial charge in [0.2, 0.25) is 24.7 Å². The van der Waals surface area contributed by atoms with E-state index in [1.165, 1.54) is 0 Å². The highest BCUT2D eigenvalue weighted by Crippen LogP contribution is 2.53. The molecule has 0 bridgehead atoms. The molecule has 0 amide bonds. The molecule has 0 aliphatic heterocycles. The van der Waals surface area contributed by atoms with Gasteiger partial charge in [-0.2, -0.15) is 70.2 Å². The lowest BCUT2D eigenvalue weighted by Crippen LogP contribution is -2.71. The molecule has 0 saturated heterocycles. The quantitative estimate of drug-likeness (QED) is 0.0910. The van der Waals surface area contributed by atoms with Crippen LogP contribution in [0.4, 0.5) is 123 Å². The van der Waals surface area contributed by atoms with Crippen LogP contribution < -0.4 is 0 Å². The molecule has 0 heterocycles. The fourth-order valence-corrected chi connectivity index (χ4v) is 4.35. The van der Waals surface area contributed by atoms with Crippen LogP contribution in [0.2, 0.25) is 0 Å². The molecule has 0 aromatic rings. The molecule has 0 spiro atoms. The molecular weight excluding hydrogens is 816 g/mol. The summed E-state index contributed by atoms with van der Waals surface area (Å²) in [5, 5.41) is 0. The Bertz CT molecular complexity index is 904. The van der Waals surface area contributed by atoms with Gasteiger partial charge in [0, 0.05) is 0 Å². The Morgan fingerprint density at radius 2 is 0.388 bits per heavy atom. The molecule has 0 aromatic heterocycles. The fourth-order valence-electron chi connectivity index (χ4n) is 2.30. The molecule has 0 rings (SSSR count). The summed E-state index contributed by atoms with van der Waals surface area (Å²) < 4.78 is 381. The molecule has 49 heavy (non-hydrogen) atoms. The van der Waals surface area contributed by atoms with Crippen molar-refractivity contribution in [3.8, 4) is 0 Å². The molecule has 0 N–H and O–H groups in total. The predicted octanol–water partition coefficient (Wildman–Crippen LogP) is 8.81. The van der Waals surface area contributed by atoms with E-state index in [4.69, 9.17) is 0 Å². The first kappa shape index (κ1) is 47.1. The Kier molecular flexibility index (Phi) is 14.0. The number of rotatable bonds is 20. The summed E-state index contributed by atoms with van der Waals surface area (Å²) in [7, 11) is -10.7. The Labute approximate surface area is 249 Å². The molecule has 4 atom stereocenters. The molecule has 0 aliphatic carbocycles. The fraction of sp³-hybridized carbons (Fsp3) is 1.00. The van der Waals surface area contributed by atoms with Crippen LogP contribution >= 0.6 is 0 Å². The van der Waals surface area contributed by atoms with Crippen molar-refractivity contribution < 1.29 is 141 Å². The average molecular weight is 824 g/mol. The number of hydrogen-bond acceptors (Lipinski definition) is 4. The number of alkyl halides is 28. The van der Waals surface area contributed by atoms with E-state index in [-0.39, 0.29) is 0 Å². The van der Waals surface area contributed by atoms with E-state index in [1.54, 1.807) is 17.7 Å². The van der Waals surface area contributed by atoms with Crippen LogP contribution in [0.5, 0.6) is 0 Å². The summed E-state index contributed by atoms with van der Waals surface area (Å²) in [6.07, 6.45) is -79.8. The van der Waals surface area contributed by atoms with Crippen molar-refractivity contribution in [1.29, 1.82) is 0 Å². The molecule has 33 heteroatoms. The van der Waals surface area contributed by atoms with Crippen LogP contribution in [0.1, 0.15) is 0 Å². The van der Waals surface area contributed by atoms with Gasteiger partial charge in [-0.05, 0) is 0 Å². The van der Waals surface area contributed by atoms with Gasteiger partial charge in [-0.25, -0.2) is 52.7 Å². The van der Waals surface area contributed by atoms with E-state index < -0.39 is 108 Å². The first-order valence-electron chi connectivity index (χ1n) is 10.8. The highest BCUT2D eigenvalue weighted by molar-refractivity contribution is 6.54. The van der Waals surface area contributed by atoms with E-state index in [9.17, 15) is 123 Å². The van der Waals surface area contributed by atoms with Gasteiger partial charge in [-0.15, -0.1) is 0 Å². The molecule has 4 nitrogen and oxygen atoms in total. The summed E-state index contributed by atoms with van der Waals surface area (Å²) in [4.78, 5) is 0. The second kappa shape index (κ2) is 14.6. The molecule has 0 aromatic carbocycles. The lowest BCUT2D eigenvalue weighted by atomic mass is 10.2. The normalized spacial score (nSPS) is 19.1. The summed E-state index contributed by atoms with van der Waals surface area (Å²) in [5.74, 6) is -31.4. The van der Waals surface area contributed by atoms with Gasteiger partial charge in [0.1, 0.15) is 0 Å². The van der Waals surface area contributed by atoms with Gasteiger partial charge < -0.3 is 0 Å². The third kappa shape index (κ3) is 9.31. The Morgan fingerprint density at radius 3 is 0.490 bits per heavy atom. The van der Waals surface area contributed by atoms with E-state index in [0.717, 1.165) is 0 Å². The largest absolute Gasteiger partial charge is 0.697 e. The third-order valence-electron chi connectivity index (χ3n) is 4.84. The summed E-state index contributed by atoms with van der Waals surface area (Å²) >= 11 is 0. The minimum Gasteiger partial charge on any atom is -0.285 e. The molecule has 4 unspecified atom stereocenters. The maximum Gasteiger partial charge on any atom is 0.697 e. The molecule has 296 valence electrons. The zero-order chi connectivity index (χ0) is 39.9. The van der Waals surface area contributed by atoms with Gasteiger partial charge in [-0.1, -0.05) is 0 Å². The zero-order valence-corrected chi connectivity index (χ0v) is 22.3. The summed E-state index contributed by atoms with van der Waals surface area (Å²) in [6, 6.07) is 0. The van der Waals surface area contributed by atoms with Crippen molar-refractivity contribution in [2.75, 3.05) is 0 Å². The van der Waals surface area contributed by atoms with E-state index in [1.807, 2.05) is 0 Å². The molecule has 0 saturated carbocycles. The second-order valence-corrected chi connectivity index (χ2v) is 10.2. The van der Waals surface area contributed by atoms with E-state index >= 15 is 0 Å². The highest BCUT2D eigenvalue weighted by Gasteiger charge is 2.83. The number of hydrogen-bond donors (Lipinski definition) is 0. The van der Waals surface area contributed by atoms with Crippen molar-refractivity contribution in [3.05, 3.63) is 0 Å². The van der Waals surface area contributed by atoms with Gasteiger partial charge in [0.05, 0.1) is 0 Å². The zero-order valence-electron chi connectivity index (χ0n) is 21.3. The summed E-state index contributed by atoms with van der Waals surface area (Å²) in [5.41, 5.74) is 0. The smallest absolute Gasteiger partial charge is 0.285 e. The lowest BCUT2D eigenvalue weighted by molar-refractivity contribution is -0.435. The third-order valence-corrected chi connectivity index (χ3v) is 6.86. The lowest BCUT2D eigenvalue weighted by Gasteiger charge is -2.42. The monoisotopic (exact) mass is 824 g/mol. The van der Waals surface area contributed by atoms with Crippen molar-refractivity contribution in [1.82, 2.24) is 0 Å². The first-order valence-corrected chi connectivity index (χ1v) is 12.4. The van der Waals surface area contributed by atoms with E-state index in [2.05, 4.69) is 0 Å². The maximum absolute atomic E-state index is 14.2. The first-order chi connectivity index (χ1) is 21.2. The summed E-state index contributed by atoms with van der Waals surface area (Å²) in [6.45, 7) is 0. The highest BCUT2D eigenvalue weighted by atomic mass is 28.4. The molecule has 0 fully saturated rings. The maximum atomic E-state index is 14.2. The van der Waals surface area contributed by atoms with Crippen LogP contribution in [-0.4, -0.2) is 108 Å². The van der Waals surface area contributed by atoms with Gasteiger partial charge in [0.25, 0.3) is 25.7 Å². The van der Waals surface area contributed by atoms with Gasteiger partial charge >= 0.3 is 57.2 Å². The molecule has 0 aliphatic rings. The van der Waals surface area contributed by atoms with Crippen LogP contribution in [0.25, 0.3) is 0 Å². The van der Waals surface area contributed by atoms with Crippen LogP contribution in [0.15, 0.2) is 0 Å². The Balaban J connectivity index is 8.27. The van der Waals surface area contributed by atoms with Crippen LogP contribution in [0, 0.1) is 0 Å². The Morgan fingerprint density at radius 1 is 0.265 bits per heavy atom. The van der Waals surface area contributed by atoms with Crippen molar-refractivity contribution in [2.45, 2.75) is 98.5 Å². The van der Waals surface area contributed by atoms with E-state index in [0.29, 0.717) is 0 Å². The average Bonchev–Trinajstić information content (AvgIpc) is 2.88. The SMILES string of the molecule is FC(F)C(F)C(F)(F)C(F)(F)O[Si](OC(F)(F)C(F)(F)C(F)C(F)F)(OC(F)(F)C(F)(F)C(F)C(F)F)OC(F)(F)C(F)(F)C(F)C(F)F. The second-order valence-electron chi connectivity index (χ2n) is 8.41. The minimum absolute atomic E-state index is 1.72. The standard InChI is InChI=1S/C16H8F28O4Si/c17-1(5(21)22)9(29,30)13(37,38)45-49(46-14(39,40)10(31,32)2(18)6(23)24,47-15(41,42)11(33,34)3(19)7(25)26)48-16(43,44)12(35,36)4(20)8(27)28/h1-8H. The minimum atomic E-state index is -10.7. The van der Waals surface area contributed by atoms with Crippen molar-refractivity contribution >= 4 is 9.05 Å². The van der Waals surface area contributed by atoms with Crippen LogP contribution in [-0.2, 0) is 17.7 Å².